The van der Waals surface area contributed by atoms with Gasteiger partial charge in [-0.2, -0.15) is 0 Å². The second kappa shape index (κ2) is 6.64. The van der Waals surface area contributed by atoms with E-state index < -0.39 is 0 Å². The molecule has 2 unspecified atom stereocenters. The molecule has 0 bridgehead atoms. The normalized spacial score (nSPS) is 19.8. The molecule has 0 saturated carbocycles. The molecule has 110 valence electrons. The lowest BCUT2D eigenvalue weighted by atomic mass is 9.95. The molecule has 1 aliphatic heterocycles. The van der Waals surface area contributed by atoms with E-state index in [9.17, 15) is 4.79 Å². The first kappa shape index (κ1) is 14.7. The molecule has 0 N–H and O–H groups in total. The maximum absolute atomic E-state index is 11.5. The van der Waals surface area contributed by atoms with Crippen molar-refractivity contribution < 1.29 is 14.3 Å². The quantitative estimate of drug-likeness (QED) is 0.776. The van der Waals surface area contributed by atoms with E-state index in [1.165, 1.54) is 12.8 Å². The highest BCUT2D eigenvalue weighted by molar-refractivity contribution is 5.71. The number of ether oxygens (including phenoxy) is 2. The Hall–Kier alpha value is -1.71. The minimum atomic E-state index is -0.107. The fourth-order valence-corrected chi connectivity index (χ4v) is 2.86. The lowest BCUT2D eigenvalue weighted by Crippen LogP contribution is -2.22. The molecule has 1 aromatic carbocycles. The maximum Gasteiger partial charge on any atom is 0.308 e. The molecular weight excluding hydrogens is 254 g/mol. The topological polar surface area (TPSA) is 38.8 Å². The standard InChI is InChI=1S/C16H23NO3/c1-12(16(18)20-3)9-13-7-8-17(11-13)14-5-4-6-15(10-14)19-2/h4-6,10,12-13H,7-9,11H2,1-3H3. The Morgan fingerprint density at radius 3 is 2.95 bits per heavy atom. The molecule has 4 heteroatoms. The third-order valence-corrected chi connectivity index (χ3v) is 3.99. The maximum atomic E-state index is 11.5. The van der Waals surface area contributed by atoms with Crippen LogP contribution >= 0.6 is 0 Å². The molecule has 0 radical (unpaired) electrons. The Balaban J connectivity index is 1.93. The van der Waals surface area contributed by atoms with Gasteiger partial charge in [-0.3, -0.25) is 4.79 Å². The van der Waals surface area contributed by atoms with Crippen molar-refractivity contribution in [2.75, 3.05) is 32.2 Å². The molecule has 1 saturated heterocycles. The van der Waals surface area contributed by atoms with E-state index in [1.807, 2.05) is 19.1 Å². The van der Waals surface area contributed by atoms with Crippen molar-refractivity contribution in [2.45, 2.75) is 19.8 Å². The van der Waals surface area contributed by atoms with Gasteiger partial charge in [-0.25, -0.2) is 0 Å². The smallest absolute Gasteiger partial charge is 0.308 e. The first-order valence-electron chi connectivity index (χ1n) is 7.11. The van der Waals surface area contributed by atoms with Crippen molar-refractivity contribution in [2.24, 2.45) is 11.8 Å². The fourth-order valence-electron chi connectivity index (χ4n) is 2.86. The highest BCUT2D eigenvalue weighted by atomic mass is 16.5. The molecule has 0 spiro atoms. The van der Waals surface area contributed by atoms with Crippen LogP contribution in [0.25, 0.3) is 0 Å². The van der Waals surface area contributed by atoms with Gasteiger partial charge in [0.15, 0.2) is 0 Å². The highest BCUT2D eigenvalue weighted by Gasteiger charge is 2.26. The van der Waals surface area contributed by atoms with Crippen molar-refractivity contribution in [3.8, 4) is 5.75 Å². The summed E-state index contributed by atoms with van der Waals surface area (Å²) in [7, 11) is 3.14. The summed E-state index contributed by atoms with van der Waals surface area (Å²) in [4.78, 5) is 13.8. The van der Waals surface area contributed by atoms with Crippen LogP contribution in [0.3, 0.4) is 0 Å². The van der Waals surface area contributed by atoms with E-state index >= 15 is 0 Å². The van der Waals surface area contributed by atoms with Gasteiger partial charge in [-0.05, 0) is 30.9 Å². The predicted molar refractivity (Wildman–Crippen MR) is 79.1 cm³/mol. The Labute approximate surface area is 120 Å². The number of hydrogen-bond donors (Lipinski definition) is 0. The Bertz CT molecular complexity index is 461. The molecule has 1 aromatic rings. The molecule has 2 rings (SSSR count). The van der Waals surface area contributed by atoms with Crippen LogP contribution in [-0.2, 0) is 9.53 Å². The second-order valence-corrected chi connectivity index (χ2v) is 5.46. The van der Waals surface area contributed by atoms with E-state index in [-0.39, 0.29) is 11.9 Å². The van der Waals surface area contributed by atoms with Crippen molar-refractivity contribution >= 4 is 11.7 Å². The Kier molecular flexibility index (Phi) is 4.88. The van der Waals surface area contributed by atoms with Crippen molar-refractivity contribution in [3.05, 3.63) is 24.3 Å². The minimum absolute atomic E-state index is 0.0183. The van der Waals surface area contributed by atoms with Gasteiger partial charge in [-0.15, -0.1) is 0 Å². The number of carbonyl (C=O) groups excluding carboxylic acids is 1. The zero-order valence-electron chi connectivity index (χ0n) is 12.5. The molecule has 1 fully saturated rings. The average Bonchev–Trinajstić information content (AvgIpc) is 2.94. The van der Waals surface area contributed by atoms with E-state index in [0.29, 0.717) is 5.92 Å². The first-order valence-corrected chi connectivity index (χ1v) is 7.11. The minimum Gasteiger partial charge on any atom is -0.497 e. The molecule has 20 heavy (non-hydrogen) atoms. The predicted octanol–water partition coefficient (Wildman–Crippen LogP) is 2.72. The number of hydrogen-bond acceptors (Lipinski definition) is 4. The van der Waals surface area contributed by atoms with Crippen LogP contribution in [0.4, 0.5) is 5.69 Å². The molecule has 2 atom stereocenters. The SMILES string of the molecule is COC(=O)C(C)CC1CCN(c2cccc(OC)c2)C1. The zero-order valence-corrected chi connectivity index (χ0v) is 12.5. The van der Waals surface area contributed by atoms with Gasteiger partial charge >= 0.3 is 5.97 Å². The van der Waals surface area contributed by atoms with E-state index in [4.69, 9.17) is 9.47 Å². The summed E-state index contributed by atoms with van der Waals surface area (Å²) < 4.78 is 10.1. The fraction of sp³-hybridized carbons (Fsp3) is 0.562. The van der Waals surface area contributed by atoms with Gasteiger partial charge in [0.25, 0.3) is 0 Å². The summed E-state index contributed by atoms with van der Waals surface area (Å²) in [5.41, 5.74) is 1.19. The summed E-state index contributed by atoms with van der Waals surface area (Å²) in [6, 6.07) is 8.13. The largest absolute Gasteiger partial charge is 0.497 e. The Morgan fingerprint density at radius 2 is 2.25 bits per heavy atom. The number of carbonyl (C=O) groups is 1. The monoisotopic (exact) mass is 277 g/mol. The first-order chi connectivity index (χ1) is 9.63. The van der Waals surface area contributed by atoms with Crippen LogP contribution in [0.1, 0.15) is 19.8 Å². The van der Waals surface area contributed by atoms with Crippen molar-refractivity contribution in [1.82, 2.24) is 0 Å². The van der Waals surface area contributed by atoms with Gasteiger partial charge in [0, 0.05) is 24.8 Å². The number of methoxy groups -OCH3 is 2. The van der Waals surface area contributed by atoms with Gasteiger partial charge in [0.05, 0.1) is 20.1 Å². The van der Waals surface area contributed by atoms with Crippen LogP contribution in [-0.4, -0.2) is 33.3 Å². The summed E-state index contributed by atoms with van der Waals surface area (Å²) >= 11 is 0. The van der Waals surface area contributed by atoms with Crippen LogP contribution in [0.5, 0.6) is 5.75 Å². The average molecular weight is 277 g/mol. The number of benzene rings is 1. The van der Waals surface area contributed by atoms with Gasteiger partial charge in [-0.1, -0.05) is 13.0 Å². The molecule has 0 aromatic heterocycles. The number of rotatable bonds is 5. The third kappa shape index (κ3) is 3.44. The van der Waals surface area contributed by atoms with Gasteiger partial charge in [0.1, 0.15) is 5.75 Å². The second-order valence-electron chi connectivity index (χ2n) is 5.46. The van der Waals surface area contributed by atoms with Crippen molar-refractivity contribution in [3.63, 3.8) is 0 Å². The van der Waals surface area contributed by atoms with E-state index in [1.54, 1.807) is 7.11 Å². The molecule has 0 amide bonds. The van der Waals surface area contributed by atoms with Gasteiger partial charge < -0.3 is 14.4 Å². The summed E-state index contributed by atoms with van der Waals surface area (Å²) in [5.74, 6) is 1.31. The molecule has 1 heterocycles. The molecule has 1 aliphatic rings. The molecule has 0 aliphatic carbocycles. The van der Waals surface area contributed by atoms with Crippen LogP contribution in [0, 0.1) is 11.8 Å². The Morgan fingerprint density at radius 1 is 1.45 bits per heavy atom. The lowest BCUT2D eigenvalue weighted by molar-refractivity contribution is -0.145. The lowest BCUT2D eigenvalue weighted by Gasteiger charge is -2.20. The molecular formula is C16H23NO3. The summed E-state index contributed by atoms with van der Waals surface area (Å²) in [6.07, 6.45) is 2.02. The van der Waals surface area contributed by atoms with E-state index in [2.05, 4.69) is 17.0 Å². The van der Waals surface area contributed by atoms with Crippen LogP contribution < -0.4 is 9.64 Å². The number of anilines is 1. The summed E-state index contributed by atoms with van der Waals surface area (Å²) in [5, 5.41) is 0. The number of esters is 1. The van der Waals surface area contributed by atoms with Crippen LogP contribution in [0.15, 0.2) is 24.3 Å². The molecule has 4 nitrogen and oxygen atoms in total. The third-order valence-electron chi connectivity index (χ3n) is 3.99. The summed E-state index contributed by atoms with van der Waals surface area (Å²) in [6.45, 7) is 3.97. The van der Waals surface area contributed by atoms with Crippen molar-refractivity contribution in [1.29, 1.82) is 0 Å². The van der Waals surface area contributed by atoms with Gasteiger partial charge in [0.2, 0.25) is 0 Å². The zero-order chi connectivity index (χ0) is 14.5. The van der Waals surface area contributed by atoms with E-state index in [0.717, 1.165) is 31.7 Å². The number of nitrogens with zero attached hydrogens (tertiary/aromatic N) is 1. The highest BCUT2D eigenvalue weighted by Crippen LogP contribution is 2.29. The van der Waals surface area contributed by atoms with Crippen LogP contribution in [0.2, 0.25) is 0 Å².